The van der Waals surface area contributed by atoms with Gasteiger partial charge in [0.05, 0.1) is 17.8 Å². The molecule has 1 aromatic carbocycles. The monoisotopic (exact) mass is 346 g/mol. The highest BCUT2D eigenvalue weighted by Crippen LogP contribution is 2.29. The van der Waals surface area contributed by atoms with E-state index in [9.17, 15) is 14.0 Å². The molecule has 2 fully saturated rings. The highest BCUT2D eigenvalue weighted by atomic mass is 19.1. The lowest BCUT2D eigenvalue weighted by Gasteiger charge is -2.37. The maximum absolute atomic E-state index is 14.5. The lowest BCUT2D eigenvalue weighted by atomic mass is 9.95. The summed E-state index contributed by atoms with van der Waals surface area (Å²) in [5.41, 5.74) is 1.40. The van der Waals surface area contributed by atoms with Crippen molar-refractivity contribution in [3.8, 4) is 0 Å². The van der Waals surface area contributed by atoms with Crippen molar-refractivity contribution in [2.75, 3.05) is 18.4 Å². The van der Waals surface area contributed by atoms with E-state index >= 15 is 0 Å². The molecule has 3 aliphatic rings. The maximum atomic E-state index is 14.5. The second-order valence-electron chi connectivity index (χ2n) is 7.24. The Bertz CT molecular complexity index is 702. The Kier molecular flexibility index (Phi) is 4.46. The van der Waals surface area contributed by atoms with Crippen LogP contribution in [0, 0.1) is 5.82 Å². The van der Waals surface area contributed by atoms with Crippen LogP contribution in [0.3, 0.4) is 0 Å². The number of nitrogens with one attached hydrogen (secondary N) is 1. The fraction of sp³-hybridized carbons (Fsp3) is 0.579. The molecule has 25 heavy (non-hydrogen) atoms. The maximum Gasteiger partial charge on any atom is 0.256 e. The third-order valence-electron chi connectivity index (χ3n) is 5.42. The summed E-state index contributed by atoms with van der Waals surface area (Å²) in [5.74, 6) is -0.968. The van der Waals surface area contributed by atoms with E-state index in [1.807, 2.05) is 0 Å². The fourth-order valence-electron chi connectivity index (χ4n) is 3.75. The van der Waals surface area contributed by atoms with E-state index in [4.69, 9.17) is 4.74 Å². The van der Waals surface area contributed by atoms with E-state index in [0.717, 1.165) is 31.2 Å². The van der Waals surface area contributed by atoms with Crippen LogP contribution in [0.2, 0.25) is 0 Å². The highest BCUT2D eigenvalue weighted by Gasteiger charge is 2.30. The topological polar surface area (TPSA) is 58.6 Å². The van der Waals surface area contributed by atoms with E-state index in [1.54, 1.807) is 11.0 Å². The minimum Gasteiger partial charge on any atom is -0.373 e. The van der Waals surface area contributed by atoms with Gasteiger partial charge in [0.2, 0.25) is 5.91 Å². The number of carbonyl (C=O) groups excluding carboxylic acids is 2. The molecular weight excluding hydrogens is 323 g/mol. The predicted molar refractivity (Wildman–Crippen MR) is 91.0 cm³/mol. The molecule has 134 valence electrons. The van der Waals surface area contributed by atoms with E-state index in [2.05, 4.69) is 5.32 Å². The first-order valence-electron chi connectivity index (χ1n) is 9.17. The summed E-state index contributed by atoms with van der Waals surface area (Å²) < 4.78 is 20.5. The number of carbonyl (C=O) groups is 2. The van der Waals surface area contributed by atoms with Gasteiger partial charge < -0.3 is 15.0 Å². The van der Waals surface area contributed by atoms with E-state index in [-0.39, 0.29) is 23.5 Å². The zero-order valence-electron chi connectivity index (χ0n) is 14.2. The van der Waals surface area contributed by atoms with Crippen molar-refractivity contribution >= 4 is 17.5 Å². The molecule has 0 spiro atoms. The van der Waals surface area contributed by atoms with Crippen LogP contribution in [0.1, 0.15) is 54.4 Å². The number of piperidine rings is 1. The van der Waals surface area contributed by atoms with Crippen LogP contribution < -0.4 is 5.32 Å². The molecular formula is C19H23FN2O3. The second-order valence-corrected chi connectivity index (χ2v) is 7.24. The van der Waals surface area contributed by atoms with Gasteiger partial charge in [-0.05, 0) is 56.2 Å². The summed E-state index contributed by atoms with van der Waals surface area (Å²) in [6.45, 7) is 1.17. The Morgan fingerprint density at radius 2 is 1.96 bits per heavy atom. The number of hydrogen-bond acceptors (Lipinski definition) is 3. The van der Waals surface area contributed by atoms with Crippen LogP contribution in [0.4, 0.5) is 10.1 Å². The summed E-state index contributed by atoms with van der Waals surface area (Å²) >= 11 is 0. The molecule has 1 saturated heterocycles. The SMILES string of the molecule is O=C1CCc2cc(C(=O)N3CCCC(OC4CCC4)C3)c(F)cc2N1. The van der Waals surface area contributed by atoms with Crippen LogP contribution in [-0.2, 0) is 16.0 Å². The van der Waals surface area contributed by atoms with Crippen molar-refractivity contribution in [3.63, 3.8) is 0 Å². The molecule has 2 amide bonds. The number of ether oxygens (including phenoxy) is 1. The molecule has 1 atom stereocenters. The van der Waals surface area contributed by atoms with Gasteiger partial charge in [0, 0.05) is 25.2 Å². The van der Waals surface area contributed by atoms with Gasteiger partial charge in [-0.3, -0.25) is 9.59 Å². The number of likely N-dealkylation sites (tertiary alicyclic amines) is 1. The minimum absolute atomic E-state index is 0.0583. The second kappa shape index (κ2) is 6.75. The first-order chi connectivity index (χ1) is 12.1. The number of aryl methyl sites for hydroxylation is 1. The molecule has 6 heteroatoms. The molecule has 2 heterocycles. The first kappa shape index (κ1) is 16.5. The van der Waals surface area contributed by atoms with Gasteiger partial charge in [-0.25, -0.2) is 4.39 Å². The van der Waals surface area contributed by atoms with Gasteiger partial charge in [0.1, 0.15) is 5.82 Å². The van der Waals surface area contributed by atoms with E-state index in [0.29, 0.717) is 37.7 Å². The van der Waals surface area contributed by atoms with Crippen molar-refractivity contribution in [3.05, 3.63) is 29.1 Å². The molecule has 0 aromatic heterocycles. The van der Waals surface area contributed by atoms with Gasteiger partial charge in [0.25, 0.3) is 5.91 Å². The number of hydrogen-bond donors (Lipinski definition) is 1. The molecule has 2 aliphatic heterocycles. The number of halogens is 1. The highest BCUT2D eigenvalue weighted by molar-refractivity contribution is 5.98. The van der Waals surface area contributed by atoms with Gasteiger partial charge in [0.15, 0.2) is 0 Å². The molecule has 4 rings (SSSR count). The predicted octanol–water partition coefficient (Wildman–Crippen LogP) is 2.88. The largest absolute Gasteiger partial charge is 0.373 e. The summed E-state index contributed by atoms with van der Waals surface area (Å²) in [5, 5.41) is 2.66. The molecule has 1 aromatic rings. The van der Waals surface area contributed by atoms with Crippen LogP contribution in [0.15, 0.2) is 12.1 Å². The minimum atomic E-state index is -0.576. The average molecular weight is 346 g/mol. The average Bonchev–Trinajstić information content (AvgIpc) is 2.57. The van der Waals surface area contributed by atoms with Crippen molar-refractivity contribution < 1.29 is 18.7 Å². The Morgan fingerprint density at radius 1 is 1.16 bits per heavy atom. The van der Waals surface area contributed by atoms with Crippen LogP contribution in [0.5, 0.6) is 0 Å². The zero-order valence-corrected chi connectivity index (χ0v) is 14.2. The Labute approximate surface area is 146 Å². The zero-order chi connectivity index (χ0) is 17.4. The molecule has 0 radical (unpaired) electrons. The van der Waals surface area contributed by atoms with Crippen molar-refractivity contribution in [1.82, 2.24) is 4.90 Å². The third kappa shape index (κ3) is 3.40. The summed E-state index contributed by atoms with van der Waals surface area (Å²) in [7, 11) is 0. The molecule has 1 N–H and O–H groups in total. The van der Waals surface area contributed by atoms with Crippen molar-refractivity contribution in [2.24, 2.45) is 0 Å². The number of anilines is 1. The van der Waals surface area contributed by atoms with Gasteiger partial charge in [-0.2, -0.15) is 0 Å². The molecule has 0 bridgehead atoms. The van der Waals surface area contributed by atoms with Crippen molar-refractivity contribution in [2.45, 2.75) is 57.2 Å². The molecule has 1 saturated carbocycles. The summed E-state index contributed by atoms with van der Waals surface area (Å²) in [6, 6.07) is 2.87. The summed E-state index contributed by atoms with van der Waals surface area (Å²) in [6.07, 6.45) is 6.57. The lowest BCUT2D eigenvalue weighted by Crippen LogP contribution is -2.45. The van der Waals surface area contributed by atoms with E-state index in [1.165, 1.54) is 12.5 Å². The summed E-state index contributed by atoms with van der Waals surface area (Å²) in [4.78, 5) is 26.0. The number of fused-ring (bicyclic) bond motifs is 1. The van der Waals surface area contributed by atoms with Crippen LogP contribution in [-0.4, -0.2) is 42.0 Å². The van der Waals surface area contributed by atoms with E-state index < -0.39 is 5.82 Å². The smallest absolute Gasteiger partial charge is 0.256 e. The van der Waals surface area contributed by atoms with Gasteiger partial charge in [-0.15, -0.1) is 0 Å². The first-order valence-corrected chi connectivity index (χ1v) is 9.17. The molecule has 5 nitrogen and oxygen atoms in total. The Balaban J connectivity index is 1.49. The number of rotatable bonds is 3. The quantitative estimate of drug-likeness (QED) is 0.915. The van der Waals surface area contributed by atoms with Gasteiger partial charge in [-0.1, -0.05) is 0 Å². The lowest BCUT2D eigenvalue weighted by molar-refractivity contribution is -0.116. The number of amides is 2. The van der Waals surface area contributed by atoms with Crippen LogP contribution in [0.25, 0.3) is 0 Å². The van der Waals surface area contributed by atoms with Crippen LogP contribution >= 0.6 is 0 Å². The van der Waals surface area contributed by atoms with Gasteiger partial charge >= 0.3 is 0 Å². The Morgan fingerprint density at radius 3 is 2.72 bits per heavy atom. The van der Waals surface area contributed by atoms with Crippen molar-refractivity contribution in [1.29, 1.82) is 0 Å². The number of nitrogens with zero attached hydrogens (tertiary/aromatic N) is 1. The third-order valence-corrected chi connectivity index (χ3v) is 5.42. The number of benzene rings is 1. The fourth-order valence-corrected chi connectivity index (χ4v) is 3.75. The normalized spacial score (nSPS) is 23.6. The Hall–Kier alpha value is -1.95. The molecule has 1 aliphatic carbocycles. The standard InChI is InChI=1S/C19H23FN2O3/c20-16-10-17-12(6-7-18(23)21-17)9-15(16)19(24)22-8-2-5-14(11-22)25-13-3-1-4-13/h9-10,13-14H,1-8,11H2,(H,21,23). The molecule has 1 unspecified atom stereocenters.